The SMILES string of the molecule is O=C(N[C@H](N1C[C@H]2C[C@@H](C1)c1cccc(=O)n1C2)C(Cl)(Cl)Cl)c1ccccc1Br. The topological polar surface area (TPSA) is 54.3 Å². The highest BCUT2D eigenvalue weighted by atomic mass is 79.9. The Bertz CT molecular complexity index is 991. The van der Waals surface area contributed by atoms with E-state index in [1.165, 1.54) is 0 Å². The molecule has 29 heavy (non-hydrogen) atoms. The fraction of sp³-hybridized carbons (Fsp3) is 0.400. The van der Waals surface area contributed by atoms with Gasteiger partial charge in [0.1, 0.15) is 6.17 Å². The number of rotatable bonds is 3. The van der Waals surface area contributed by atoms with Crippen LogP contribution < -0.4 is 10.9 Å². The number of pyridine rings is 1. The molecule has 3 atom stereocenters. The summed E-state index contributed by atoms with van der Waals surface area (Å²) < 4.78 is 0.809. The maximum Gasteiger partial charge on any atom is 0.253 e. The van der Waals surface area contributed by atoms with Crippen LogP contribution in [0.15, 0.2) is 51.7 Å². The predicted octanol–water partition coefficient (Wildman–Crippen LogP) is 4.16. The molecule has 1 saturated heterocycles. The number of aromatic nitrogens is 1. The number of hydrogen-bond donors (Lipinski definition) is 1. The van der Waals surface area contributed by atoms with E-state index in [-0.39, 0.29) is 23.3 Å². The molecular formula is C20H19BrCl3N3O2. The maximum absolute atomic E-state index is 12.9. The lowest BCUT2D eigenvalue weighted by Crippen LogP contribution is -2.60. The molecular weight excluding hydrogens is 501 g/mol. The number of nitrogens with one attached hydrogen (secondary N) is 1. The molecule has 5 nitrogen and oxygen atoms in total. The summed E-state index contributed by atoms with van der Waals surface area (Å²) in [6.07, 6.45) is 0.185. The third kappa shape index (κ3) is 4.37. The second kappa shape index (κ2) is 8.23. The average molecular weight is 520 g/mol. The van der Waals surface area contributed by atoms with Crippen LogP contribution in [-0.2, 0) is 6.54 Å². The highest BCUT2D eigenvalue weighted by Crippen LogP contribution is 2.40. The number of hydrogen-bond acceptors (Lipinski definition) is 3. The molecule has 1 aromatic heterocycles. The predicted molar refractivity (Wildman–Crippen MR) is 119 cm³/mol. The summed E-state index contributed by atoms with van der Waals surface area (Å²) in [6, 6.07) is 12.5. The molecule has 1 amide bonds. The summed E-state index contributed by atoms with van der Waals surface area (Å²) in [5, 5.41) is 2.90. The van der Waals surface area contributed by atoms with Gasteiger partial charge in [0.05, 0.1) is 5.56 Å². The van der Waals surface area contributed by atoms with E-state index < -0.39 is 9.96 Å². The van der Waals surface area contributed by atoms with Gasteiger partial charge in [0.15, 0.2) is 0 Å². The normalized spacial score (nSPS) is 22.6. The van der Waals surface area contributed by atoms with Gasteiger partial charge in [-0.25, -0.2) is 0 Å². The molecule has 1 aromatic carbocycles. The summed E-state index contributed by atoms with van der Waals surface area (Å²) in [4.78, 5) is 27.1. The van der Waals surface area contributed by atoms with Crippen molar-refractivity contribution >= 4 is 56.6 Å². The van der Waals surface area contributed by atoms with Crippen molar-refractivity contribution in [1.82, 2.24) is 14.8 Å². The quantitative estimate of drug-likeness (QED) is 0.620. The Balaban J connectivity index is 1.60. The van der Waals surface area contributed by atoms with Crippen LogP contribution >= 0.6 is 50.7 Å². The lowest BCUT2D eigenvalue weighted by atomic mass is 9.83. The van der Waals surface area contributed by atoms with Crippen molar-refractivity contribution in [2.45, 2.75) is 28.8 Å². The Morgan fingerprint density at radius 1 is 1.10 bits per heavy atom. The summed E-state index contributed by atoms with van der Waals surface area (Å²) in [7, 11) is 0. The smallest absolute Gasteiger partial charge is 0.253 e. The second-order valence-corrected chi connectivity index (χ2v) is 10.8. The molecule has 0 spiro atoms. The zero-order chi connectivity index (χ0) is 20.8. The Morgan fingerprint density at radius 2 is 1.86 bits per heavy atom. The Kier molecular flexibility index (Phi) is 6.02. The largest absolute Gasteiger partial charge is 0.332 e. The number of carbonyl (C=O) groups is 1. The highest BCUT2D eigenvalue weighted by Gasteiger charge is 2.44. The van der Waals surface area contributed by atoms with E-state index in [1.807, 2.05) is 21.6 Å². The van der Waals surface area contributed by atoms with Crippen molar-refractivity contribution in [2.24, 2.45) is 5.92 Å². The van der Waals surface area contributed by atoms with Gasteiger partial charge in [-0.1, -0.05) is 53.0 Å². The van der Waals surface area contributed by atoms with Crippen molar-refractivity contribution < 1.29 is 4.79 Å². The molecule has 3 heterocycles. The minimum absolute atomic E-state index is 0.0193. The molecule has 2 bridgehead atoms. The van der Waals surface area contributed by atoms with Crippen molar-refractivity contribution in [3.63, 3.8) is 0 Å². The van der Waals surface area contributed by atoms with Crippen LogP contribution in [0.5, 0.6) is 0 Å². The summed E-state index contributed by atoms with van der Waals surface area (Å²) in [6.45, 7) is 1.85. The molecule has 1 fully saturated rings. The van der Waals surface area contributed by atoms with Crippen molar-refractivity contribution in [1.29, 1.82) is 0 Å². The Labute approximate surface area is 192 Å². The van der Waals surface area contributed by atoms with Gasteiger partial charge in [-0.15, -0.1) is 0 Å². The highest BCUT2D eigenvalue weighted by molar-refractivity contribution is 9.10. The van der Waals surface area contributed by atoms with E-state index in [1.54, 1.807) is 30.3 Å². The first-order valence-corrected chi connectivity index (χ1v) is 11.2. The number of halogens is 4. The average Bonchev–Trinajstić information content (AvgIpc) is 2.66. The molecule has 1 N–H and O–H groups in total. The van der Waals surface area contributed by atoms with Crippen LogP contribution in [-0.4, -0.2) is 38.4 Å². The lowest BCUT2D eigenvalue weighted by molar-refractivity contribution is 0.0586. The number of amides is 1. The van der Waals surface area contributed by atoms with Crippen LogP contribution in [0.4, 0.5) is 0 Å². The number of nitrogens with zero attached hydrogens (tertiary/aromatic N) is 2. The summed E-state index contributed by atoms with van der Waals surface area (Å²) >= 11 is 22.3. The first-order chi connectivity index (χ1) is 13.7. The Hall–Kier alpha value is -1.05. The molecule has 9 heteroatoms. The molecule has 0 saturated carbocycles. The number of piperidine rings is 1. The van der Waals surface area contributed by atoms with Crippen molar-refractivity contribution in [3.05, 3.63) is 68.5 Å². The van der Waals surface area contributed by atoms with E-state index in [4.69, 9.17) is 34.8 Å². The number of benzene rings is 1. The van der Waals surface area contributed by atoms with Gasteiger partial charge in [0, 0.05) is 41.8 Å². The number of carbonyl (C=O) groups excluding carboxylic acids is 1. The third-order valence-corrected chi connectivity index (χ3v) is 6.88. The first-order valence-electron chi connectivity index (χ1n) is 9.30. The van der Waals surface area contributed by atoms with E-state index in [2.05, 4.69) is 21.2 Å². The number of alkyl halides is 3. The van der Waals surface area contributed by atoms with E-state index >= 15 is 0 Å². The molecule has 2 aliphatic rings. The van der Waals surface area contributed by atoms with Crippen LogP contribution in [0, 0.1) is 5.92 Å². The fourth-order valence-corrected chi connectivity index (χ4v) is 5.41. The summed E-state index contributed by atoms with van der Waals surface area (Å²) in [5.74, 6) is 0.0735. The van der Waals surface area contributed by atoms with Gasteiger partial charge in [-0.2, -0.15) is 0 Å². The van der Waals surface area contributed by atoms with Crippen molar-refractivity contribution in [2.75, 3.05) is 13.1 Å². The first kappa shape index (κ1) is 21.2. The number of likely N-dealkylation sites (tertiary alicyclic amines) is 1. The van der Waals surface area contributed by atoms with Crippen LogP contribution in [0.25, 0.3) is 0 Å². The van der Waals surface area contributed by atoms with Crippen LogP contribution in [0.2, 0.25) is 0 Å². The van der Waals surface area contributed by atoms with E-state index in [0.29, 0.717) is 29.7 Å². The van der Waals surface area contributed by atoms with Gasteiger partial charge in [-0.05, 0) is 46.5 Å². The minimum Gasteiger partial charge on any atom is -0.332 e. The van der Waals surface area contributed by atoms with E-state index in [0.717, 1.165) is 12.1 Å². The molecule has 0 unspecified atom stereocenters. The van der Waals surface area contributed by atoms with Gasteiger partial charge in [0.25, 0.3) is 11.5 Å². The van der Waals surface area contributed by atoms with Crippen LogP contribution in [0.1, 0.15) is 28.4 Å². The lowest BCUT2D eigenvalue weighted by Gasteiger charge is -2.47. The molecule has 154 valence electrons. The van der Waals surface area contributed by atoms with Gasteiger partial charge in [0.2, 0.25) is 3.79 Å². The second-order valence-electron chi connectivity index (χ2n) is 7.55. The third-order valence-electron chi connectivity index (χ3n) is 5.57. The fourth-order valence-electron chi connectivity index (χ4n) is 4.37. The molecule has 0 radical (unpaired) electrons. The van der Waals surface area contributed by atoms with Crippen LogP contribution in [0.3, 0.4) is 0 Å². The zero-order valence-corrected chi connectivity index (χ0v) is 19.2. The van der Waals surface area contributed by atoms with E-state index in [9.17, 15) is 9.59 Å². The van der Waals surface area contributed by atoms with Gasteiger partial charge < -0.3 is 9.88 Å². The Morgan fingerprint density at radius 3 is 2.59 bits per heavy atom. The molecule has 4 rings (SSSR count). The van der Waals surface area contributed by atoms with Crippen molar-refractivity contribution in [3.8, 4) is 0 Å². The molecule has 0 aliphatic carbocycles. The maximum atomic E-state index is 12.9. The molecule has 2 aliphatic heterocycles. The number of fused-ring (bicyclic) bond motifs is 4. The standard InChI is InChI=1S/C20H19BrCl3N3O2/c21-15-5-2-1-4-14(15)18(29)25-19(20(22,23)24)26-9-12-8-13(11-26)16-6-3-7-17(28)27(16)10-12/h1-7,12-13,19H,8-11H2,(H,25,29)/t12-,13+,19-/m1/s1. The minimum atomic E-state index is -1.71. The molecule has 2 aromatic rings. The zero-order valence-electron chi connectivity index (χ0n) is 15.3. The monoisotopic (exact) mass is 517 g/mol. The van der Waals surface area contributed by atoms with Gasteiger partial charge >= 0.3 is 0 Å². The summed E-state index contributed by atoms with van der Waals surface area (Å²) in [5.41, 5.74) is 1.49. The van der Waals surface area contributed by atoms with Gasteiger partial charge in [-0.3, -0.25) is 14.5 Å².